The lowest BCUT2D eigenvalue weighted by Crippen LogP contribution is -2.04. The molecule has 3 aromatic rings. The Balaban J connectivity index is 1.66. The molecule has 1 aromatic heterocycles. The van der Waals surface area contributed by atoms with Gasteiger partial charge in [0, 0.05) is 23.3 Å². The number of aromatic nitrogens is 1. The van der Waals surface area contributed by atoms with Gasteiger partial charge in [-0.05, 0) is 37.3 Å². The van der Waals surface area contributed by atoms with Crippen LogP contribution >= 0.6 is 0 Å². The van der Waals surface area contributed by atoms with Crippen LogP contribution in [0.3, 0.4) is 0 Å². The first-order valence-corrected chi connectivity index (χ1v) is 7.95. The number of carbonyl (C=O) groups excluding carboxylic acids is 2. The topological polar surface area (TPSA) is 78.6 Å². The average molecular weight is 351 g/mol. The van der Waals surface area contributed by atoms with E-state index in [2.05, 4.69) is 4.98 Å². The van der Waals surface area contributed by atoms with Crippen molar-refractivity contribution in [3.63, 3.8) is 0 Å². The van der Waals surface area contributed by atoms with E-state index in [-0.39, 0.29) is 12.4 Å². The van der Waals surface area contributed by atoms with E-state index < -0.39 is 5.97 Å². The Bertz CT molecular complexity index is 954. The van der Waals surface area contributed by atoms with E-state index in [4.69, 9.17) is 13.9 Å². The van der Waals surface area contributed by atoms with Crippen molar-refractivity contribution in [1.82, 2.24) is 4.98 Å². The summed E-state index contributed by atoms with van der Waals surface area (Å²) in [6, 6.07) is 12.3. The quantitative estimate of drug-likeness (QED) is 0.382. The summed E-state index contributed by atoms with van der Waals surface area (Å²) < 4.78 is 15.9. The lowest BCUT2D eigenvalue weighted by Gasteiger charge is -2.09. The number of ether oxygens (including phenoxy) is 2. The Labute approximate surface area is 150 Å². The number of fused-ring (bicyclic) bond motifs is 1. The van der Waals surface area contributed by atoms with Gasteiger partial charge in [-0.3, -0.25) is 4.79 Å². The van der Waals surface area contributed by atoms with Crippen molar-refractivity contribution in [3.05, 3.63) is 65.6 Å². The third-order valence-electron chi connectivity index (χ3n) is 3.73. The van der Waals surface area contributed by atoms with Crippen LogP contribution in [0.4, 0.5) is 0 Å². The average Bonchev–Trinajstić information content (AvgIpc) is 3.07. The SMILES string of the molecule is COc1ccc(C(C)=O)cc1COC(=O)/C=C/c1nc2ccccc2o1. The van der Waals surface area contributed by atoms with Gasteiger partial charge in [0.1, 0.15) is 17.9 Å². The molecule has 0 fully saturated rings. The number of oxazole rings is 1. The van der Waals surface area contributed by atoms with Crippen LogP contribution in [-0.2, 0) is 16.1 Å². The molecule has 1 heterocycles. The highest BCUT2D eigenvalue weighted by atomic mass is 16.5. The molecule has 0 N–H and O–H groups in total. The molecule has 0 radical (unpaired) electrons. The van der Waals surface area contributed by atoms with Gasteiger partial charge in [-0.2, -0.15) is 0 Å². The summed E-state index contributed by atoms with van der Waals surface area (Å²) in [6.45, 7) is 1.46. The Morgan fingerprint density at radius 2 is 2.00 bits per heavy atom. The third kappa shape index (κ3) is 3.97. The molecular weight excluding hydrogens is 334 g/mol. The molecule has 26 heavy (non-hydrogen) atoms. The number of rotatable bonds is 6. The maximum atomic E-state index is 11.9. The Morgan fingerprint density at radius 1 is 1.19 bits per heavy atom. The van der Waals surface area contributed by atoms with Crippen LogP contribution < -0.4 is 4.74 Å². The van der Waals surface area contributed by atoms with Gasteiger partial charge in [-0.1, -0.05) is 12.1 Å². The summed E-state index contributed by atoms with van der Waals surface area (Å²) in [5.41, 5.74) is 2.50. The Kier molecular flexibility index (Phi) is 5.12. The Morgan fingerprint density at radius 3 is 2.73 bits per heavy atom. The van der Waals surface area contributed by atoms with Crippen molar-refractivity contribution in [1.29, 1.82) is 0 Å². The maximum Gasteiger partial charge on any atom is 0.331 e. The van der Waals surface area contributed by atoms with Gasteiger partial charge in [0.05, 0.1) is 7.11 Å². The predicted molar refractivity (Wildman–Crippen MR) is 95.8 cm³/mol. The standard InChI is InChI=1S/C20H17NO5/c1-13(22)14-7-8-17(24-2)15(11-14)12-25-20(23)10-9-19-21-16-5-3-4-6-18(16)26-19/h3-11H,12H2,1-2H3/b10-9+. The summed E-state index contributed by atoms with van der Waals surface area (Å²) in [4.78, 5) is 27.7. The summed E-state index contributed by atoms with van der Waals surface area (Å²) in [5, 5.41) is 0. The van der Waals surface area contributed by atoms with Crippen LogP contribution in [0.15, 0.2) is 53.0 Å². The lowest BCUT2D eigenvalue weighted by atomic mass is 10.1. The molecule has 0 bridgehead atoms. The van der Waals surface area contributed by atoms with Crippen LogP contribution in [-0.4, -0.2) is 23.8 Å². The van der Waals surface area contributed by atoms with Gasteiger partial charge < -0.3 is 13.9 Å². The normalized spacial score (nSPS) is 11.0. The van der Waals surface area contributed by atoms with Crippen LogP contribution in [0.2, 0.25) is 0 Å². The first kappa shape index (κ1) is 17.4. The number of Topliss-reactive ketones (excluding diaryl/α,β-unsaturated/α-hetero) is 1. The fraction of sp³-hybridized carbons (Fsp3) is 0.150. The first-order valence-electron chi connectivity index (χ1n) is 7.95. The van der Waals surface area contributed by atoms with Crippen LogP contribution in [0.1, 0.15) is 28.7 Å². The van der Waals surface area contributed by atoms with E-state index in [9.17, 15) is 9.59 Å². The zero-order valence-corrected chi connectivity index (χ0v) is 14.4. The third-order valence-corrected chi connectivity index (χ3v) is 3.73. The molecule has 3 rings (SSSR count). The monoisotopic (exact) mass is 351 g/mol. The summed E-state index contributed by atoms with van der Waals surface area (Å²) in [6.07, 6.45) is 2.69. The largest absolute Gasteiger partial charge is 0.496 e. The highest BCUT2D eigenvalue weighted by Crippen LogP contribution is 2.21. The van der Waals surface area contributed by atoms with Crippen molar-refractivity contribution in [2.24, 2.45) is 0 Å². The number of para-hydroxylation sites is 2. The van der Waals surface area contributed by atoms with E-state index in [1.165, 1.54) is 26.2 Å². The molecule has 6 nitrogen and oxygen atoms in total. The van der Waals surface area contributed by atoms with Crippen molar-refractivity contribution in [2.75, 3.05) is 7.11 Å². The van der Waals surface area contributed by atoms with Crippen LogP contribution in [0, 0.1) is 0 Å². The second-order valence-corrected chi connectivity index (χ2v) is 5.54. The number of benzene rings is 2. The van der Waals surface area contributed by atoms with Gasteiger partial charge in [0.15, 0.2) is 11.4 Å². The fourth-order valence-corrected chi connectivity index (χ4v) is 2.41. The van der Waals surface area contributed by atoms with Crippen molar-refractivity contribution in [3.8, 4) is 5.75 Å². The molecule has 0 amide bonds. The molecule has 6 heteroatoms. The van der Waals surface area contributed by atoms with Crippen LogP contribution in [0.5, 0.6) is 5.75 Å². The minimum atomic E-state index is -0.553. The number of methoxy groups -OCH3 is 1. The van der Waals surface area contributed by atoms with Gasteiger partial charge in [0.25, 0.3) is 0 Å². The van der Waals surface area contributed by atoms with Gasteiger partial charge >= 0.3 is 5.97 Å². The van der Waals surface area contributed by atoms with E-state index in [1.54, 1.807) is 24.3 Å². The van der Waals surface area contributed by atoms with E-state index in [0.717, 1.165) is 0 Å². The second-order valence-electron chi connectivity index (χ2n) is 5.54. The first-order chi connectivity index (χ1) is 12.6. The van der Waals surface area contributed by atoms with E-state index in [1.807, 2.05) is 18.2 Å². The number of esters is 1. The molecule has 132 valence electrons. The van der Waals surface area contributed by atoms with Crippen molar-refractivity contribution >= 4 is 28.9 Å². The van der Waals surface area contributed by atoms with Gasteiger partial charge in [-0.15, -0.1) is 0 Å². The van der Waals surface area contributed by atoms with E-state index >= 15 is 0 Å². The van der Waals surface area contributed by atoms with Crippen molar-refractivity contribution in [2.45, 2.75) is 13.5 Å². The molecule has 0 saturated carbocycles. The molecule has 0 unspecified atom stereocenters. The molecule has 2 aromatic carbocycles. The summed E-state index contributed by atoms with van der Waals surface area (Å²) >= 11 is 0. The lowest BCUT2D eigenvalue weighted by molar-refractivity contribution is -0.138. The van der Waals surface area contributed by atoms with Gasteiger partial charge in [0.2, 0.25) is 5.89 Å². The number of ketones is 1. The maximum absolute atomic E-state index is 11.9. The molecule has 0 aliphatic heterocycles. The second kappa shape index (κ2) is 7.65. The minimum absolute atomic E-state index is 0.0129. The minimum Gasteiger partial charge on any atom is -0.496 e. The summed E-state index contributed by atoms with van der Waals surface area (Å²) in [5.74, 6) is 0.240. The smallest absolute Gasteiger partial charge is 0.331 e. The van der Waals surface area contributed by atoms with Crippen molar-refractivity contribution < 1.29 is 23.5 Å². The molecular formula is C20H17NO5. The number of nitrogens with zero attached hydrogens (tertiary/aromatic N) is 1. The fourth-order valence-electron chi connectivity index (χ4n) is 2.41. The zero-order valence-electron chi connectivity index (χ0n) is 14.4. The molecule has 0 aliphatic carbocycles. The van der Waals surface area contributed by atoms with E-state index in [0.29, 0.717) is 33.9 Å². The number of carbonyl (C=O) groups is 2. The predicted octanol–water partition coefficient (Wildman–Crippen LogP) is 3.80. The van der Waals surface area contributed by atoms with Crippen LogP contribution in [0.25, 0.3) is 17.2 Å². The molecule has 0 atom stereocenters. The summed E-state index contributed by atoms with van der Waals surface area (Å²) in [7, 11) is 1.52. The highest BCUT2D eigenvalue weighted by Gasteiger charge is 2.09. The molecule has 0 aliphatic rings. The Hall–Kier alpha value is -3.41. The molecule has 0 spiro atoms. The number of hydrogen-bond acceptors (Lipinski definition) is 6. The molecule has 0 saturated heterocycles. The number of hydrogen-bond donors (Lipinski definition) is 0. The highest BCUT2D eigenvalue weighted by molar-refractivity contribution is 5.94. The zero-order chi connectivity index (χ0) is 18.5. The van der Waals surface area contributed by atoms with Gasteiger partial charge in [-0.25, -0.2) is 9.78 Å².